The van der Waals surface area contributed by atoms with Gasteiger partial charge in [-0.1, -0.05) is 68.9 Å². The lowest BCUT2D eigenvalue weighted by atomic mass is 9.84. The van der Waals surface area contributed by atoms with Gasteiger partial charge in [0.2, 0.25) is 11.8 Å². The van der Waals surface area contributed by atoms with Crippen molar-refractivity contribution in [1.82, 2.24) is 15.1 Å². The maximum atomic E-state index is 13.7. The van der Waals surface area contributed by atoms with Gasteiger partial charge in [-0.3, -0.25) is 24.1 Å². The zero-order valence-electron chi connectivity index (χ0n) is 26.5. The highest BCUT2D eigenvalue weighted by Gasteiger charge is 2.30. The van der Waals surface area contributed by atoms with Crippen LogP contribution >= 0.6 is 0 Å². The third kappa shape index (κ3) is 10.2. The molecule has 1 atom stereocenters. The molecule has 2 N–H and O–H groups in total. The Morgan fingerprint density at radius 3 is 1.98 bits per heavy atom. The SMILES string of the molecule is CC1=C(C)C(=O)C(CCCC(=O)NC(C(=O)N2CCN(CCCCCCCCCCO)CC2)c2ccccc2)=C(C)C1=O. The quantitative estimate of drug-likeness (QED) is 0.193. The first-order valence-electron chi connectivity index (χ1n) is 16.2. The standard InChI is InChI=1S/C35H51N3O5/c1-26-27(2)34(42)30(28(3)33(26)41)18-15-19-31(40)36-32(29-16-11-10-12-17-29)35(43)38-23-21-37(22-24-38)20-13-8-6-4-5-7-9-14-25-39/h10-12,16-17,32,39H,4-9,13-15,18-25H2,1-3H3,(H,36,40). The summed E-state index contributed by atoms with van der Waals surface area (Å²) < 4.78 is 0. The number of allylic oxidation sites excluding steroid dienone is 4. The number of amides is 2. The topological polar surface area (TPSA) is 107 Å². The lowest BCUT2D eigenvalue weighted by molar-refractivity contribution is -0.138. The van der Waals surface area contributed by atoms with Gasteiger partial charge >= 0.3 is 0 Å². The molecule has 3 rings (SSSR count). The molecule has 0 spiro atoms. The van der Waals surface area contributed by atoms with E-state index in [9.17, 15) is 19.2 Å². The fraction of sp³-hybridized carbons (Fsp3) is 0.600. The molecule has 1 aliphatic carbocycles. The molecule has 1 aliphatic heterocycles. The van der Waals surface area contributed by atoms with Gasteiger partial charge in [-0.25, -0.2) is 0 Å². The Bertz CT molecular complexity index is 1170. The fourth-order valence-corrected chi connectivity index (χ4v) is 5.93. The number of nitrogens with zero attached hydrogens (tertiary/aromatic N) is 2. The van der Waals surface area contributed by atoms with Gasteiger partial charge in [0.1, 0.15) is 6.04 Å². The van der Waals surface area contributed by atoms with Gasteiger partial charge in [0.05, 0.1) is 0 Å². The van der Waals surface area contributed by atoms with Crippen LogP contribution in [-0.4, -0.2) is 77.6 Å². The number of ketones is 2. The highest BCUT2D eigenvalue weighted by molar-refractivity contribution is 6.24. The zero-order valence-corrected chi connectivity index (χ0v) is 26.5. The molecule has 1 aromatic carbocycles. The minimum absolute atomic E-state index is 0.0942. The Labute approximate surface area is 257 Å². The normalized spacial score (nSPS) is 17.1. The number of carbonyl (C=O) groups is 4. The summed E-state index contributed by atoms with van der Waals surface area (Å²) in [5.41, 5.74) is 2.68. The van der Waals surface area contributed by atoms with Gasteiger partial charge in [0.25, 0.3) is 0 Å². The Morgan fingerprint density at radius 2 is 1.35 bits per heavy atom. The van der Waals surface area contributed by atoms with Crippen molar-refractivity contribution in [3.63, 3.8) is 0 Å². The molecule has 2 amide bonds. The highest BCUT2D eigenvalue weighted by Crippen LogP contribution is 2.27. The zero-order chi connectivity index (χ0) is 31.2. The Hall–Kier alpha value is -3.10. The number of nitrogens with one attached hydrogen (secondary N) is 1. The number of piperazine rings is 1. The molecule has 8 nitrogen and oxygen atoms in total. The molecule has 1 saturated heterocycles. The van der Waals surface area contributed by atoms with Crippen molar-refractivity contribution in [3.8, 4) is 0 Å². The smallest absolute Gasteiger partial charge is 0.249 e. The van der Waals surface area contributed by atoms with E-state index in [0.717, 1.165) is 38.0 Å². The van der Waals surface area contributed by atoms with Crippen LogP contribution in [0, 0.1) is 0 Å². The first-order valence-corrected chi connectivity index (χ1v) is 16.2. The lowest BCUT2D eigenvalue weighted by Crippen LogP contribution is -2.52. The van der Waals surface area contributed by atoms with E-state index >= 15 is 0 Å². The number of unbranched alkanes of at least 4 members (excludes halogenated alkanes) is 7. The van der Waals surface area contributed by atoms with Crippen molar-refractivity contribution < 1.29 is 24.3 Å². The van der Waals surface area contributed by atoms with Gasteiger partial charge < -0.3 is 15.3 Å². The summed E-state index contributed by atoms with van der Waals surface area (Å²) in [4.78, 5) is 56.2. The monoisotopic (exact) mass is 593 g/mol. The Morgan fingerprint density at radius 1 is 0.767 bits per heavy atom. The number of aliphatic hydroxyl groups is 1. The molecular formula is C35H51N3O5. The van der Waals surface area contributed by atoms with Crippen LogP contribution in [0.4, 0.5) is 0 Å². The third-order valence-corrected chi connectivity index (χ3v) is 8.89. The van der Waals surface area contributed by atoms with Crippen molar-refractivity contribution >= 4 is 23.4 Å². The molecule has 1 fully saturated rings. The fourth-order valence-electron chi connectivity index (χ4n) is 5.93. The number of carbonyl (C=O) groups excluding carboxylic acids is 4. The molecule has 0 radical (unpaired) electrons. The first-order chi connectivity index (χ1) is 20.7. The molecule has 0 aromatic heterocycles. The predicted octanol–water partition coefficient (Wildman–Crippen LogP) is 5.08. The molecular weight excluding hydrogens is 542 g/mol. The van der Waals surface area contributed by atoms with Crippen molar-refractivity contribution in [3.05, 3.63) is 58.2 Å². The second-order valence-corrected chi connectivity index (χ2v) is 12.0. The van der Waals surface area contributed by atoms with Crippen molar-refractivity contribution in [1.29, 1.82) is 0 Å². The minimum atomic E-state index is -0.760. The van der Waals surface area contributed by atoms with Crippen molar-refractivity contribution in [2.75, 3.05) is 39.3 Å². The Kier molecular flexibility index (Phi) is 14.3. The molecule has 0 saturated carbocycles. The summed E-state index contributed by atoms with van der Waals surface area (Å²) in [5.74, 6) is -0.557. The molecule has 8 heteroatoms. The van der Waals surface area contributed by atoms with Crippen LogP contribution in [0.1, 0.15) is 103 Å². The van der Waals surface area contributed by atoms with Gasteiger partial charge in [0, 0.05) is 61.5 Å². The second-order valence-electron chi connectivity index (χ2n) is 12.0. The largest absolute Gasteiger partial charge is 0.396 e. The van der Waals surface area contributed by atoms with E-state index in [1.165, 1.54) is 38.5 Å². The summed E-state index contributed by atoms with van der Waals surface area (Å²) in [6.45, 7) is 9.31. The summed E-state index contributed by atoms with van der Waals surface area (Å²) in [6.07, 6.45) is 10.3. The maximum Gasteiger partial charge on any atom is 0.249 e. The van der Waals surface area contributed by atoms with Crippen LogP contribution in [0.3, 0.4) is 0 Å². The predicted molar refractivity (Wildman–Crippen MR) is 169 cm³/mol. The number of rotatable bonds is 17. The van der Waals surface area contributed by atoms with Crippen molar-refractivity contribution in [2.45, 2.75) is 97.4 Å². The maximum absolute atomic E-state index is 13.7. The van der Waals surface area contributed by atoms with Crippen LogP contribution in [0.5, 0.6) is 0 Å². The van der Waals surface area contributed by atoms with Crippen LogP contribution in [0.15, 0.2) is 52.6 Å². The number of hydrogen-bond acceptors (Lipinski definition) is 6. The van der Waals surface area contributed by atoms with Crippen LogP contribution in [0.25, 0.3) is 0 Å². The summed E-state index contributed by atoms with van der Waals surface area (Å²) in [7, 11) is 0. The van der Waals surface area contributed by atoms with E-state index in [1.807, 2.05) is 35.2 Å². The van der Waals surface area contributed by atoms with Gasteiger partial charge in [-0.05, 0) is 58.6 Å². The summed E-state index contributed by atoms with van der Waals surface area (Å²) in [6, 6.07) is 8.60. The van der Waals surface area contributed by atoms with E-state index < -0.39 is 6.04 Å². The number of benzene rings is 1. The van der Waals surface area contributed by atoms with Gasteiger partial charge in [0.15, 0.2) is 11.6 Å². The van der Waals surface area contributed by atoms with Crippen LogP contribution in [0.2, 0.25) is 0 Å². The molecule has 1 unspecified atom stereocenters. The van der Waals surface area contributed by atoms with E-state index in [-0.39, 0.29) is 29.8 Å². The van der Waals surface area contributed by atoms with E-state index in [0.29, 0.717) is 54.8 Å². The average Bonchev–Trinajstić information content (AvgIpc) is 3.03. The number of aliphatic hydroxyl groups excluding tert-OH is 1. The summed E-state index contributed by atoms with van der Waals surface area (Å²) in [5, 5.41) is 11.8. The molecule has 2 aliphatic rings. The molecule has 1 aromatic rings. The van der Waals surface area contributed by atoms with Crippen molar-refractivity contribution in [2.24, 2.45) is 0 Å². The second kappa shape index (κ2) is 17.9. The number of Topliss-reactive ketones (excluding diaryl/α,β-unsaturated/α-hetero) is 2. The molecule has 43 heavy (non-hydrogen) atoms. The van der Waals surface area contributed by atoms with E-state index in [1.54, 1.807) is 20.8 Å². The number of hydrogen-bond donors (Lipinski definition) is 2. The highest BCUT2D eigenvalue weighted by atomic mass is 16.3. The van der Waals surface area contributed by atoms with Gasteiger partial charge in [-0.2, -0.15) is 0 Å². The van der Waals surface area contributed by atoms with Crippen LogP contribution < -0.4 is 5.32 Å². The third-order valence-electron chi connectivity index (χ3n) is 8.89. The lowest BCUT2D eigenvalue weighted by Gasteiger charge is -2.36. The molecule has 0 bridgehead atoms. The van der Waals surface area contributed by atoms with Gasteiger partial charge in [-0.15, -0.1) is 0 Å². The minimum Gasteiger partial charge on any atom is -0.396 e. The molecule has 236 valence electrons. The Balaban J connectivity index is 1.46. The van der Waals surface area contributed by atoms with E-state index in [2.05, 4.69) is 10.2 Å². The van der Waals surface area contributed by atoms with E-state index in [4.69, 9.17) is 5.11 Å². The first kappa shape index (κ1) is 34.4. The average molecular weight is 594 g/mol. The molecule has 1 heterocycles. The summed E-state index contributed by atoms with van der Waals surface area (Å²) >= 11 is 0. The van der Waals surface area contributed by atoms with Crippen LogP contribution in [-0.2, 0) is 19.2 Å².